The zero-order valence-corrected chi connectivity index (χ0v) is 13.8. The molecule has 0 radical (unpaired) electrons. The van der Waals surface area contributed by atoms with Crippen molar-refractivity contribution in [2.45, 2.75) is 66.1 Å². The van der Waals surface area contributed by atoms with Crippen LogP contribution in [0.25, 0.3) is 0 Å². The van der Waals surface area contributed by atoms with Crippen LogP contribution in [-0.2, 0) is 15.7 Å². The van der Waals surface area contributed by atoms with Crippen molar-refractivity contribution in [3.63, 3.8) is 0 Å². The van der Waals surface area contributed by atoms with Crippen LogP contribution in [0.4, 0.5) is 0 Å². The van der Waals surface area contributed by atoms with Gasteiger partial charge in [0.25, 0.3) is 0 Å². The van der Waals surface area contributed by atoms with Gasteiger partial charge in [-0.3, -0.25) is 4.98 Å². The molecule has 0 aromatic carbocycles. The predicted octanol–water partition coefficient (Wildman–Crippen LogP) is 2.89. The molecule has 0 spiro atoms. The van der Waals surface area contributed by atoms with Crippen molar-refractivity contribution >= 4 is 12.7 Å². The normalized spacial score (nSPS) is 20.7. The average Bonchev–Trinajstić information content (AvgIpc) is 2.46. The molecular formula is C16H26BNO2. The van der Waals surface area contributed by atoms with Crippen LogP contribution < -0.4 is 5.59 Å². The first-order valence-corrected chi connectivity index (χ1v) is 7.44. The molecule has 0 N–H and O–H groups in total. The molecule has 1 aromatic heterocycles. The molecule has 0 saturated carbocycles. The molecule has 0 unspecified atom stereocenters. The molecule has 0 aliphatic carbocycles. The summed E-state index contributed by atoms with van der Waals surface area (Å²) in [5.41, 5.74) is 2.58. The van der Waals surface area contributed by atoms with Crippen LogP contribution in [0, 0.1) is 12.8 Å². The number of hydrogen-bond acceptors (Lipinski definition) is 3. The van der Waals surface area contributed by atoms with Gasteiger partial charge in [-0.1, -0.05) is 13.8 Å². The summed E-state index contributed by atoms with van der Waals surface area (Å²) in [6.07, 6.45) is 0.980. The van der Waals surface area contributed by atoms with Gasteiger partial charge in [0.15, 0.2) is 0 Å². The highest BCUT2D eigenvalue weighted by Crippen LogP contribution is 2.36. The van der Waals surface area contributed by atoms with E-state index in [0.717, 1.165) is 17.7 Å². The van der Waals surface area contributed by atoms with Gasteiger partial charge in [0.1, 0.15) is 0 Å². The fraction of sp³-hybridized carbons (Fsp3) is 0.688. The lowest BCUT2D eigenvalue weighted by Crippen LogP contribution is -2.41. The Balaban J connectivity index is 2.28. The summed E-state index contributed by atoms with van der Waals surface area (Å²) in [5.74, 6) is 0.593. The predicted molar refractivity (Wildman–Crippen MR) is 83.2 cm³/mol. The lowest BCUT2D eigenvalue weighted by molar-refractivity contribution is 0.00578. The second kappa shape index (κ2) is 5.16. The van der Waals surface area contributed by atoms with E-state index in [9.17, 15) is 0 Å². The summed E-state index contributed by atoms with van der Waals surface area (Å²) < 4.78 is 12.2. The molecule has 20 heavy (non-hydrogen) atoms. The average molecular weight is 275 g/mol. The van der Waals surface area contributed by atoms with Gasteiger partial charge >= 0.3 is 7.12 Å². The fourth-order valence-electron chi connectivity index (χ4n) is 2.38. The molecular weight excluding hydrogens is 249 g/mol. The second-order valence-corrected chi connectivity index (χ2v) is 7.25. The third-order valence-electron chi connectivity index (χ3n) is 4.15. The first-order valence-electron chi connectivity index (χ1n) is 7.44. The van der Waals surface area contributed by atoms with Gasteiger partial charge in [-0.05, 0) is 64.7 Å². The number of aryl methyl sites for hydroxylation is 1. The number of hydrogen-bond donors (Lipinski definition) is 0. The Kier molecular flexibility index (Phi) is 4.00. The van der Waals surface area contributed by atoms with E-state index in [2.05, 4.69) is 60.6 Å². The smallest absolute Gasteiger partial charge is 0.398 e. The highest BCUT2D eigenvalue weighted by atomic mass is 16.7. The molecule has 1 aliphatic rings. The van der Waals surface area contributed by atoms with E-state index in [1.807, 2.05) is 0 Å². The molecule has 0 amide bonds. The first kappa shape index (κ1) is 15.5. The van der Waals surface area contributed by atoms with Crippen LogP contribution in [0.15, 0.2) is 12.1 Å². The molecule has 0 bridgehead atoms. The lowest BCUT2D eigenvalue weighted by Gasteiger charge is -2.32. The van der Waals surface area contributed by atoms with Crippen LogP contribution in [0.1, 0.15) is 52.8 Å². The van der Waals surface area contributed by atoms with Gasteiger partial charge in [-0.25, -0.2) is 0 Å². The first-order chi connectivity index (χ1) is 9.10. The van der Waals surface area contributed by atoms with E-state index >= 15 is 0 Å². The Morgan fingerprint density at radius 1 is 1.10 bits per heavy atom. The number of aromatic nitrogens is 1. The zero-order chi connectivity index (χ0) is 15.1. The monoisotopic (exact) mass is 275 g/mol. The quantitative estimate of drug-likeness (QED) is 0.795. The molecule has 2 heterocycles. The molecule has 110 valence electrons. The van der Waals surface area contributed by atoms with E-state index in [1.54, 1.807) is 0 Å². The summed E-state index contributed by atoms with van der Waals surface area (Å²) in [6.45, 7) is 14.8. The minimum absolute atomic E-state index is 0.318. The highest BCUT2D eigenvalue weighted by molar-refractivity contribution is 6.61. The van der Waals surface area contributed by atoms with Crippen molar-refractivity contribution in [3.8, 4) is 0 Å². The van der Waals surface area contributed by atoms with Crippen LogP contribution in [0.5, 0.6) is 0 Å². The molecule has 1 fully saturated rings. The minimum atomic E-state index is -0.370. The third kappa shape index (κ3) is 3.07. The van der Waals surface area contributed by atoms with Crippen molar-refractivity contribution in [2.24, 2.45) is 5.92 Å². The molecule has 1 aliphatic heterocycles. The lowest BCUT2D eigenvalue weighted by atomic mass is 9.83. The summed E-state index contributed by atoms with van der Waals surface area (Å²) in [6, 6.07) is 4.21. The van der Waals surface area contributed by atoms with Crippen molar-refractivity contribution in [3.05, 3.63) is 23.4 Å². The van der Waals surface area contributed by atoms with Crippen LogP contribution >= 0.6 is 0 Å². The van der Waals surface area contributed by atoms with Gasteiger partial charge in [0, 0.05) is 5.69 Å². The SMILES string of the molecule is Cc1cc(CC(C)C)nc(B2OC(C)(C)C(C)(C)O2)c1. The van der Waals surface area contributed by atoms with E-state index < -0.39 is 0 Å². The van der Waals surface area contributed by atoms with Crippen molar-refractivity contribution in [2.75, 3.05) is 0 Å². The van der Waals surface area contributed by atoms with Gasteiger partial charge in [0.2, 0.25) is 0 Å². The Morgan fingerprint density at radius 3 is 2.15 bits per heavy atom. The Morgan fingerprint density at radius 2 is 1.65 bits per heavy atom. The second-order valence-electron chi connectivity index (χ2n) is 7.25. The summed E-state index contributed by atoms with van der Waals surface area (Å²) in [4.78, 5) is 4.74. The standard InChI is InChI=1S/C16H26BNO2/c1-11(2)8-13-9-12(3)10-14(18-13)17-19-15(4,5)16(6,7)20-17/h9-11H,8H2,1-7H3. The van der Waals surface area contributed by atoms with Crippen LogP contribution in [0.2, 0.25) is 0 Å². The van der Waals surface area contributed by atoms with Gasteiger partial charge in [-0.15, -0.1) is 0 Å². The molecule has 4 heteroatoms. The number of rotatable bonds is 3. The van der Waals surface area contributed by atoms with Gasteiger partial charge in [0.05, 0.1) is 16.8 Å². The minimum Gasteiger partial charge on any atom is -0.398 e. The van der Waals surface area contributed by atoms with Crippen molar-refractivity contribution in [1.82, 2.24) is 4.98 Å². The van der Waals surface area contributed by atoms with E-state index in [-0.39, 0.29) is 18.3 Å². The van der Waals surface area contributed by atoms with Gasteiger partial charge in [-0.2, -0.15) is 0 Å². The van der Waals surface area contributed by atoms with Gasteiger partial charge < -0.3 is 9.31 Å². The Bertz CT molecular complexity index is 481. The highest BCUT2D eigenvalue weighted by Gasteiger charge is 2.52. The Labute approximate surface area is 123 Å². The topological polar surface area (TPSA) is 31.4 Å². The maximum atomic E-state index is 6.08. The summed E-state index contributed by atoms with van der Waals surface area (Å²) in [5, 5.41) is 0. The molecule has 2 rings (SSSR count). The maximum absolute atomic E-state index is 6.08. The van der Waals surface area contributed by atoms with E-state index in [0.29, 0.717) is 5.92 Å². The molecule has 1 aromatic rings. The Hall–Kier alpha value is -0.865. The van der Waals surface area contributed by atoms with Crippen molar-refractivity contribution < 1.29 is 9.31 Å². The zero-order valence-electron chi connectivity index (χ0n) is 13.8. The molecule has 1 saturated heterocycles. The van der Waals surface area contributed by atoms with E-state index in [1.165, 1.54) is 5.56 Å². The van der Waals surface area contributed by atoms with Crippen molar-refractivity contribution in [1.29, 1.82) is 0 Å². The largest absolute Gasteiger partial charge is 0.514 e. The van der Waals surface area contributed by atoms with Crippen LogP contribution in [-0.4, -0.2) is 23.3 Å². The maximum Gasteiger partial charge on any atom is 0.514 e. The number of nitrogens with zero attached hydrogens (tertiary/aromatic N) is 1. The fourth-order valence-corrected chi connectivity index (χ4v) is 2.38. The summed E-state index contributed by atoms with van der Waals surface area (Å²) in [7, 11) is -0.370. The summed E-state index contributed by atoms with van der Waals surface area (Å²) >= 11 is 0. The van der Waals surface area contributed by atoms with Crippen LogP contribution in [0.3, 0.4) is 0 Å². The number of pyridine rings is 1. The molecule has 3 nitrogen and oxygen atoms in total. The third-order valence-corrected chi connectivity index (χ3v) is 4.15. The molecule has 0 atom stereocenters. The van der Waals surface area contributed by atoms with E-state index in [4.69, 9.17) is 14.3 Å².